The van der Waals surface area contributed by atoms with Crippen molar-refractivity contribution in [2.75, 3.05) is 45.7 Å². The number of sulfonamides is 1. The molecule has 1 fully saturated rings. The topological polar surface area (TPSA) is 180 Å². The average molecular weight is 538 g/mol. The van der Waals surface area contributed by atoms with E-state index in [1.807, 2.05) is 0 Å². The fourth-order valence-electron chi connectivity index (χ4n) is 3.31. The van der Waals surface area contributed by atoms with Crippen molar-refractivity contribution in [3.8, 4) is 11.5 Å². The Morgan fingerprint density at radius 2 is 1.32 bits per heavy atom. The van der Waals surface area contributed by atoms with Crippen LogP contribution >= 0.6 is 0 Å². The number of carbonyl (C=O) groups excluding carboxylic acids is 2. The number of hydrogen-bond acceptors (Lipinski definition) is 8. The second kappa shape index (κ2) is 12.7. The molecule has 0 atom stereocenters. The van der Waals surface area contributed by atoms with E-state index in [1.54, 1.807) is 35.2 Å². The van der Waals surface area contributed by atoms with E-state index in [0.29, 0.717) is 22.7 Å². The van der Waals surface area contributed by atoms with E-state index in [2.05, 4.69) is 5.32 Å². The van der Waals surface area contributed by atoms with Crippen LogP contribution in [0.1, 0.15) is 17.3 Å². The lowest BCUT2D eigenvalue weighted by Crippen LogP contribution is -2.50. The molecule has 0 bridgehead atoms. The third-order valence-corrected chi connectivity index (χ3v) is 7.03. The Hall–Kier alpha value is -4.17. The summed E-state index contributed by atoms with van der Waals surface area (Å²) in [6.45, 7) is 2.28. The molecule has 1 saturated heterocycles. The first-order valence-corrected chi connectivity index (χ1v) is 12.2. The van der Waals surface area contributed by atoms with E-state index in [4.69, 9.17) is 29.3 Å². The standard InChI is InChI=1S/C21H25N3O6S.C2H2O4/c1-15(25)22-17-4-6-20(7-5-17)31(27,28)24-10-8-23(9-11-24)21(26)16-12-18(29-2)14-19(13-16)30-3;3-1(4)2(5)6/h4-7,12-14H,8-11H2,1-3H3,(H,22,25);(H,3,4)(H,5,6). The molecule has 3 N–H and O–H groups in total. The van der Waals surface area contributed by atoms with Crippen LogP contribution in [-0.4, -0.2) is 92.0 Å². The number of ether oxygens (including phenoxy) is 2. The minimum atomic E-state index is -3.70. The van der Waals surface area contributed by atoms with Crippen molar-refractivity contribution < 1.29 is 47.3 Å². The zero-order chi connectivity index (χ0) is 27.8. The van der Waals surface area contributed by atoms with E-state index in [0.717, 1.165) is 0 Å². The van der Waals surface area contributed by atoms with Crippen LogP contribution in [0.25, 0.3) is 0 Å². The summed E-state index contributed by atoms with van der Waals surface area (Å²) in [5.74, 6) is -3.08. The van der Waals surface area contributed by atoms with Gasteiger partial charge in [0.05, 0.1) is 19.1 Å². The highest BCUT2D eigenvalue weighted by Gasteiger charge is 2.30. The van der Waals surface area contributed by atoms with Gasteiger partial charge in [-0.2, -0.15) is 4.31 Å². The Kier molecular flexibility index (Phi) is 9.97. The Bertz CT molecular complexity index is 1220. The molecule has 3 rings (SSSR count). The maximum Gasteiger partial charge on any atom is 0.414 e. The third kappa shape index (κ3) is 7.91. The number of carboxylic acid groups (broad SMARTS) is 2. The van der Waals surface area contributed by atoms with Gasteiger partial charge in [0.1, 0.15) is 11.5 Å². The van der Waals surface area contributed by atoms with Crippen LogP contribution in [0, 0.1) is 0 Å². The first kappa shape index (κ1) is 29.1. The molecule has 0 aliphatic carbocycles. The molecule has 1 aliphatic rings. The van der Waals surface area contributed by atoms with E-state index in [-0.39, 0.29) is 42.9 Å². The molecule has 14 heteroatoms. The highest BCUT2D eigenvalue weighted by atomic mass is 32.2. The second-order valence-electron chi connectivity index (χ2n) is 7.61. The molecule has 200 valence electrons. The van der Waals surface area contributed by atoms with Gasteiger partial charge in [0.15, 0.2) is 0 Å². The third-order valence-electron chi connectivity index (χ3n) is 5.12. The molecule has 37 heavy (non-hydrogen) atoms. The molecule has 2 amide bonds. The first-order chi connectivity index (χ1) is 17.4. The van der Waals surface area contributed by atoms with Crippen molar-refractivity contribution >= 4 is 39.5 Å². The van der Waals surface area contributed by atoms with Gasteiger partial charge in [0, 0.05) is 50.4 Å². The van der Waals surface area contributed by atoms with E-state index < -0.39 is 22.0 Å². The number of anilines is 1. The molecule has 1 heterocycles. The van der Waals surface area contributed by atoms with Gasteiger partial charge in [-0.15, -0.1) is 0 Å². The summed E-state index contributed by atoms with van der Waals surface area (Å²) in [7, 11) is -0.681. The van der Waals surface area contributed by atoms with Gasteiger partial charge in [-0.25, -0.2) is 18.0 Å². The average Bonchev–Trinajstić information content (AvgIpc) is 2.88. The van der Waals surface area contributed by atoms with Gasteiger partial charge < -0.3 is 29.9 Å². The maximum atomic E-state index is 12.9. The minimum absolute atomic E-state index is 0.138. The predicted molar refractivity (Wildman–Crippen MR) is 130 cm³/mol. The highest BCUT2D eigenvalue weighted by molar-refractivity contribution is 7.89. The fraction of sp³-hybridized carbons (Fsp3) is 0.304. The van der Waals surface area contributed by atoms with Crippen LogP contribution in [-0.2, 0) is 24.4 Å². The molecule has 1 aliphatic heterocycles. The highest BCUT2D eigenvalue weighted by Crippen LogP contribution is 2.25. The van der Waals surface area contributed by atoms with Crippen LogP contribution < -0.4 is 14.8 Å². The monoisotopic (exact) mass is 537 g/mol. The molecule has 2 aromatic carbocycles. The molecule has 0 aromatic heterocycles. The summed E-state index contributed by atoms with van der Waals surface area (Å²) in [6, 6.07) is 10.9. The first-order valence-electron chi connectivity index (χ1n) is 10.8. The Balaban J connectivity index is 0.000000717. The van der Waals surface area contributed by atoms with Crippen molar-refractivity contribution in [2.45, 2.75) is 11.8 Å². The zero-order valence-electron chi connectivity index (χ0n) is 20.3. The summed E-state index contributed by atoms with van der Waals surface area (Å²) < 4.78 is 37.7. The molecular formula is C23H27N3O10S. The molecule has 0 spiro atoms. The number of nitrogens with zero attached hydrogens (tertiary/aromatic N) is 2. The van der Waals surface area contributed by atoms with Gasteiger partial charge in [-0.05, 0) is 36.4 Å². The van der Waals surface area contributed by atoms with Crippen molar-refractivity contribution in [1.29, 1.82) is 0 Å². The summed E-state index contributed by atoms with van der Waals surface area (Å²) in [6.07, 6.45) is 0. The molecule has 13 nitrogen and oxygen atoms in total. The lowest BCUT2D eigenvalue weighted by atomic mass is 10.1. The van der Waals surface area contributed by atoms with Crippen LogP contribution in [0.5, 0.6) is 11.5 Å². The number of carboxylic acids is 2. The number of nitrogens with one attached hydrogen (secondary N) is 1. The largest absolute Gasteiger partial charge is 0.497 e. The van der Waals surface area contributed by atoms with Crippen molar-refractivity contribution in [2.24, 2.45) is 0 Å². The number of hydrogen-bond donors (Lipinski definition) is 3. The number of aliphatic carboxylic acids is 2. The van der Waals surface area contributed by atoms with Crippen molar-refractivity contribution in [1.82, 2.24) is 9.21 Å². The fourth-order valence-corrected chi connectivity index (χ4v) is 4.73. The normalized spacial score (nSPS) is 13.5. The number of carbonyl (C=O) groups is 4. The van der Waals surface area contributed by atoms with E-state index in [9.17, 15) is 18.0 Å². The number of amides is 2. The lowest BCUT2D eigenvalue weighted by Gasteiger charge is -2.34. The lowest BCUT2D eigenvalue weighted by molar-refractivity contribution is -0.159. The zero-order valence-corrected chi connectivity index (χ0v) is 21.1. The molecular weight excluding hydrogens is 510 g/mol. The Morgan fingerprint density at radius 1 is 0.838 bits per heavy atom. The van der Waals surface area contributed by atoms with Gasteiger partial charge in [0.25, 0.3) is 5.91 Å². The van der Waals surface area contributed by atoms with Crippen molar-refractivity contribution in [3.63, 3.8) is 0 Å². The quantitative estimate of drug-likeness (QED) is 0.449. The van der Waals surface area contributed by atoms with Gasteiger partial charge in [-0.3, -0.25) is 9.59 Å². The van der Waals surface area contributed by atoms with Crippen LogP contribution in [0.4, 0.5) is 5.69 Å². The molecule has 0 saturated carbocycles. The van der Waals surface area contributed by atoms with Gasteiger partial charge in [-0.1, -0.05) is 0 Å². The Labute approximate surface area is 213 Å². The number of piperazine rings is 1. The Morgan fingerprint density at radius 3 is 1.73 bits per heavy atom. The van der Waals surface area contributed by atoms with Crippen LogP contribution in [0.3, 0.4) is 0 Å². The number of benzene rings is 2. The number of rotatable bonds is 6. The van der Waals surface area contributed by atoms with Crippen LogP contribution in [0.15, 0.2) is 47.4 Å². The van der Waals surface area contributed by atoms with E-state index in [1.165, 1.54) is 37.6 Å². The SMILES string of the molecule is COc1cc(OC)cc(C(=O)N2CCN(S(=O)(=O)c3ccc(NC(C)=O)cc3)CC2)c1.O=C(O)C(=O)O. The summed E-state index contributed by atoms with van der Waals surface area (Å²) in [5, 5.41) is 17.4. The maximum absolute atomic E-state index is 12.9. The van der Waals surface area contributed by atoms with E-state index >= 15 is 0 Å². The molecule has 0 radical (unpaired) electrons. The van der Waals surface area contributed by atoms with Crippen molar-refractivity contribution in [3.05, 3.63) is 48.0 Å². The summed E-state index contributed by atoms with van der Waals surface area (Å²) in [4.78, 5) is 44.0. The predicted octanol–water partition coefficient (Wildman–Crippen LogP) is 0.965. The second-order valence-corrected chi connectivity index (χ2v) is 9.55. The molecule has 2 aromatic rings. The smallest absolute Gasteiger partial charge is 0.414 e. The minimum Gasteiger partial charge on any atom is -0.497 e. The van der Waals surface area contributed by atoms with Crippen LogP contribution in [0.2, 0.25) is 0 Å². The summed E-state index contributed by atoms with van der Waals surface area (Å²) in [5.41, 5.74) is 0.941. The van der Waals surface area contributed by atoms with Gasteiger partial charge in [0.2, 0.25) is 15.9 Å². The summed E-state index contributed by atoms with van der Waals surface area (Å²) >= 11 is 0. The van der Waals surface area contributed by atoms with Gasteiger partial charge >= 0.3 is 11.9 Å². The number of methoxy groups -OCH3 is 2. The molecule has 0 unspecified atom stereocenters.